The quantitative estimate of drug-likeness (QED) is 0.683. The zero-order valence-electron chi connectivity index (χ0n) is 13.5. The molecule has 1 aromatic heterocycles. The fraction of sp³-hybridized carbons (Fsp3) is 0.158. The van der Waals surface area contributed by atoms with Crippen molar-refractivity contribution in [3.05, 3.63) is 71.7 Å². The molecule has 122 valence electrons. The van der Waals surface area contributed by atoms with Gasteiger partial charge in [0.2, 0.25) is 0 Å². The van der Waals surface area contributed by atoms with Gasteiger partial charge < -0.3 is 4.74 Å². The van der Waals surface area contributed by atoms with Gasteiger partial charge in [-0.1, -0.05) is 36.4 Å². The van der Waals surface area contributed by atoms with Gasteiger partial charge in [0.05, 0.1) is 11.4 Å². The third-order valence-corrected chi connectivity index (χ3v) is 4.38. The van der Waals surface area contributed by atoms with Crippen molar-refractivity contribution in [2.75, 3.05) is 4.90 Å². The van der Waals surface area contributed by atoms with Crippen LogP contribution in [0.1, 0.15) is 12.6 Å². The second kappa shape index (κ2) is 7.27. The zero-order valence-corrected chi connectivity index (χ0v) is 14.4. The van der Waals surface area contributed by atoms with Gasteiger partial charge in [-0.2, -0.15) is 0 Å². The minimum Gasteiger partial charge on any atom is -0.481 e. The number of rotatable bonds is 5. The van der Waals surface area contributed by atoms with Crippen molar-refractivity contribution >= 4 is 28.1 Å². The van der Waals surface area contributed by atoms with Crippen LogP contribution >= 0.6 is 11.3 Å². The molecule has 3 rings (SSSR count). The molecule has 4 nitrogen and oxygen atoms in total. The van der Waals surface area contributed by atoms with Crippen molar-refractivity contribution < 1.29 is 9.53 Å². The first kappa shape index (κ1) is 16.2. The lowest BCUT2D eigenvalue weighted by Crippen LogP contribution is -2.37. The Hall–Kier alpha value is -2.66. The molecular formula is C19H18N2O2S. The molecule has 1 heterocycles. The average molecular weight is 338 g/mol. The predicted molar refractivity (Wildman–Crippen MR) is 97.0 cm³/mol. The molecule has 0 bridgehead atoms. The number of carbonyl (C=O) groups is 1. The van der Waals surface area contributed by atoms with Gasteiger partial charge in [-0.25, -0.2) is 4.98 Å². The first-order valence-electron chi connectivity index (χ1n) is 7.68. The number of aryl methyl sites for hydroxylation is 1. The van der Waals surface area contributed by atoms with Crippen LogP contribution in [-0.2, 0) is 4.79 Å². The summed E-state index contributed by atoms with van der Waals surface area (Å²) in [6.07, 6.45) is -0.628. The number of carbonyl (C=O) groups excluding carboxylic acids is 1. The second-order valence-electron chi connectivity index (χ2n) is 5.35. The maximum absolute atomic E-state index is 13.0. The Labute approximate surface area is 145 Å². The summed E-state index contributed by atoms with van der Waals surface area (Å²) in [6, 6.07) is 18.9. The van der Waals surface area contributed by atoms with E-state index in [0.717, 1.165) is 11.4 Å². The molecule has 3 aromatic rings. The predicted octanol–water partition coefficient (Wildman–Crippen LogP) is 4.58. The first-order valence-corrected chi connectivity index (χ1v) is 8.56. The third kappa shape index (κ3) is 3.63. The molecule has 0 N–H and O–H groups in total. The molecule has 24 heavy (non-hydrogen) atoms. The minimum absolute atomic E-state index is 0.153. The van der Waals surface area contributed by atoms with E-state index in [2.05, 4.69) is 4.98 Å². The highest BCUT2D eigenvalue weighted by atomic mass is 32.1. The van der Waals surface area contributed by atoms with Crippen LogP contribution in [0.3, 0.4) is 0 Å². The van der Waals surface area contributed by atoms with Gasteiger partial charge in [0, 0.05) is 5.38 Å². The second-order valence-corrected chi connectivity index (χ2v) is 6.19. The van der Waals surface area contributed by atoms with Crippen molar-refractivity contribution in [2.45, 2.75) is 20.0 Å². The van der Waals surface area contributed by atoms with Gasteiger partial charge in [0.15, 0.2) is 11.2 Å². The standard InChI is InChI=1S/C19H18N2O2S/c1-14-13-24-19(20-14)21(16-9-5-3-6-10-16)18(22)15(2)23-17-11-7-4-8-12-17/h3-13,15H,1-2H3. The molecule has 0 fully saturated rings. The maximum atomic E-state index is 13.0. The lowest BCUT2D eigenvalue weighted by Gasteiger charge is -2.24. The maximum Gasteiger partial charge on any atom is 0.274 e. The number of ether oxygens (including phenoxy) is 1. The molecule has 0 aliphatic heterocycles. The molecule has 0 saturated heterocycles. The van der Waals surface area contributed by atoms with Crippen molar-refractivity contribution in [3.63, 3.8) is 0 Å². The molecule has 1 amide bonds. The highest BCUT2D eigenvalue weighted by Gasteiger charge is 2.27. The molecule has 0 saturated carbocycles. The topological polar surface area (TPSA) is 42.4 Å². The van der Waals surface area contributed by atoms with Crippen molar-refractivity contribution in [1.82, 2.24) is 4.98 Å². The van der Waals surface area contributed by atoms with E-state index in [1.807, 2.05) is 73.0 Å². The van der Waals surface area contributed by atoms with Crippen LogP contribution in [0.5, 0.6) is 5.75 Å². The number of hydrogen-bond acceptors (Lipinski definition) is 4. The van der Waals surface area contributed by atoms with Crippen molar-refractivity contribution in [1.29, 1.82) is 0 Å². The number of thiazole rings is 1. The van der Waals surface area contributed by atoms with Crippen molar-refractivity contribution in [2.24, 2.45) is 0 Å². The monoisotopic (exact) mass is 338 g/mol. The molecule has 0 aliphatic carbocycles. The van der Waals surface area contributed by atoms with E-state index in [9.17, 15) is 4.79 Å². The number of hydrogen-bond donors (Lipinski definition) is 0. The number of anilines is 2. The summed E-state index contributed by atoms with van der Waals surface area (Å²) >= 11 is 1.44. The number of aromatic nitrogens is 1. The zero-order chi connectivity index (χ0) is 16.9. The van der Waals surface area contributed by atoms with E-state index in [-0.39, 0.29) is 5.91 Å². The van der Waals surface area contributed by atoms with Crippen LogP contribution in [0.2, 0.25) is 0 Å². The highest BCUT2D eigenvalue weighted by molar-refractivity contribution is 7.14. The number of para-hydroxylation sites is 2. The third-order valence-electron chi connectivity index (χ3n) is 3.44. The van der Waals surface area contributed by atoms with Crippen LogP contribution in [0.15, 0.2) is 66.0 Å². The summed E-state index contributed by atoms with van der Waals surface area (Å²) in [7, 11) is 0. The van der Waals surface area contributed by atoms with E-state index >= 15 is 0 Å². The molecular weight excluding hydrogens is 320 g/mol. The Morgan fingerprint density at radius 3 is 2.29 bits per heavy atom. The molecule has 2 aromatic carbocycles. The van der Waals surface area contributed by atoms with Gasteiger partial charge >= 0.3 is 0 Å². The Kier molecular flexibility index (Phi) is 4.91. The van der Waals surface area contributed by atoms with E-state index < -0.39 is 6.10 Å². The summed E-state index contributed by atoms with van der Waals surface area (Å²) < 4.78 is 5.79. The summed E-state index contributed by atoms with van der Waals surface area (Å²) in [5.41, 5.74) is 1.67. The van der Waals surface area contributed by atoms with Gasteiger partial charge in [0.1, 0.15) is 5.75 Å². The number of amides is 1. The van der Waals surface area contributed by atoms with Gasteiger partial charge in [-0.3, -0.25) is 9.69 Å². The first-order chi connectivity index (χ1) is 11.6. The Bertz CT molecular complexity index is 803. The van der Waals surface area contributed by atoms with Gasteiger partial charge in [-0.05, 0) is 38.1 Å². The molecule has 0 spiro atoms. The van der Waals surface area contributed by atoms with E-state index in [1.54, 1.807) is 11.8 Å². The SMILES string of the molecule is Cc1csc(N(C(=O)C(C)Oc2ccccc2)c2ccccc2)n1. The summed E-state index contributed by atoms with van der Waals surface area (Å²) in [4.78, 5) is 19.1. The average Bonchev–Trinajstić information content (AvgIpc) is 3.03. The van der Waals surface area contributed by atoms with E-state index in [0.29, 0.717) is 10.9 Å². The van der Waals surface area contributed by atoms with E-state index in [4.69, 9.17) is 4.74 Å². The fourth-order valence-electron chi connectivity index (χ4n) is 2.29. The lowest BCUT2D eigenvalue weighted by atomic mass is 10.2. The smallest absolute Gasteiger partial charge is 0.274 e. The lowest BCUT2D eigenvalue weighted by molar-refractivity contribution is -0.123. The van der Waals surface area contributed by atoms with Crippen LogP contribution in [0.25, 0.3) is 0 Å². The molecule has 0 aliphatic rings. The van der Waals surface area contributed by atoms with Gasteiger partial charge in [-0.15, -0.1) is 11.3 Å². The van der Waals surface area contributed by atoms with Crippen molar-refractivity contribution in [3.8, 4) is 5.75 Å². The Morgan fingerprint density at radius 2 is 1.71 bits per heavy atom. The fourth-order valence-corrected chi connectivity index (χ4v) is 3.11. The van der Waals surface area contributed by atoms with Crippen LogP contribution in [0.4, 0.5) is 10.8 Å². The largest absolute Gasteiger partial charge is 0.481 e. The Balaban J connectivity index is 1.89. The van der Waals surface area contributed by atoms with Crippen LogP contribution in [-0.4, -0.2) is 17.0 Å². The molecule has 1 atom stereocenters. The molecule has 0 radical (unpaired) electrons. The highest BCUT2D eigenvalue weighted by Crippen LogP contribution is 2.29. The summed E-state index contributed by atoms with van der Waals surface area (Å²) in [6.45, 7) is 3.67. The number of benzene rings is 2. The van der Waals surface area contributed by atoms with Crippen LogP contribution in [0, 0.1) is 6.92 Å². The van der Waals surface area contributed by atoms with Crippen LogP contribution < -0.4 is 9.64 Å². The van der Waals surface area contributed by atoms with E-state index in [1.165, 1.54) is 11.3 Å². The number of nitrogens with zero attached hydrogens (tertiary/aromatic N) is 2. The minimum atomic E-state index is -0.628. The summed E-state index contributed by atoms with van der Waals surface area (Å²) in [5, 5.41) is 2.58. The normalized spacial score (nSPS) is 11.8. The molecule has 1 unspecified atom stereocenters. The Morgan fingerprint density at radius 1 is 1.08 bits per heavy atom. The summed E-state index contributed by atoms with van der Waals surface area (Å²) in [5.74, 6) is 0.515. The van der Waals surface area contributed by atoms with Gasteiger partial charge in [0.25, 0.3) is 5.91 Å². The molecule has 5 heteroatoms.